The van der Waals surface area contributed by atoms with Gasteiger partial charge in [-0.1, -0.05) is 36.4 Å². The zero-order chi connectivity index (χ0) is 24.3. The van der Waals surface area contributed by atoms with Gasteiger partial charge in [-0.25, -0.2) is 4.79 Å². The molecule has 1 amide bonds. The first-order chi connectivity index (χ1) is 17.0. The third kappa shape index (κ3) is 3.29. The zero-order valence-corrected chi connectivity index (χ0v) is 20.1. The van der Waals surface area contributed by atoms with Crippen molar-refractivity contribution in [3.8, 4) is 5.75 Å². The summed E-state index contributed by atoms with van der Waals surface area (Å²) in [6, 6.07) is 18.2. The van der Waals surface area contributed by atoms with Crippen LogP contribution in [0.5, 0.6) is 5.75 Å². The number of carbonyl (C=O) groups excluding carboxylic acids is 1. The summed E-state index contributed by atoms with van der Waals surface area (Å²) in [5.41, 5.74) is 9.71. The standard InChI is InChI=1S/C28H30N4O3/c1-17(27(29)33)31-22-8-3-4-9-23(22)32(28(31)34)19-12-14-30(15-13-19)24-16-21-25(35-2)11-10-18-6-5-7-20(24)26(18)21/h3-11,17,19,24H,12-16H2,1-2H3,(H2,29,33). The summed E-state index contributed by atoms with van der Waals surface area (Å²) in [5.74, 6) is 0.459. The Kier molecular flexibility index (Phi) is 5.18. The zero-order valence-electron chi connectivity index (χ0n) is 20.1. The Hall–Kier alpha value is -3.58. The van der Waals surface area contributed by atoms with Crippen molar-refractivity contribution in [2.75, 3.05) is 20.2 Å². The van der Waals surface area contributed by atoms with Gasteiger partial charge in [0.1, 0.15) is 11.8 Å². The van der Waals surface area contributed by atoms with E-state index in [4.69, 9.17) is 10.5 Å². The van der Waals surface area contributed by atoms with E-state index < -0.39 is 11.9 Å². The predicted octanol–water partition coefficient (Wildman–Crippen LogP) is 3.95. The topological polar surface area (TPSA) is 82.5 Å². The summed E-state index contributed by atoms with van der Waals surface area (Å²) in [7, 11) is 1.74. The number of fused-ring (bicyclic) bond motifs is 1. The highest BCUT2D eigenvalue weighted by molar-refractivity contribution is 5.93. The van der Waals surface area contributed by atoms with E-state index in [-0.39, 0.29) is 11.7 Å². The van der Waals surface area contributed by atoms with Crippen LogP contribution in [-0.2, 0) is 11.2 Å². The van der Waals surface area contributed by atoms with Crippen LogP contribution in [0.4, 0.5) is 0 Å². The molecule has 0 spiro atoms. The van der Waals surface area contributed by atoms with Crippen LogP contribution in [0.2, 0.25) is 0 Å². The second kappa shape index (κ2) is 8.27. The van der Waals surface area contributed by atoms with E-state index in [1.54, 1.807) is 18.6 Å². The molecule has 6 rings (SSSR count). The summed E-state index contributed by atoms with van der Waals surface area (Å²) in [4.78, 5) is 28.0. The average Bonchev–Trinajstić information content (AvgIpc) is 3.40. The molecule has 7 nitrogen and oxygen atoms in total. The molecule has 1 aliphatic heterocycles. The lowest BCUT2D eigenvalue weighted by atomic mass is 9.99. The van der Waals surface area contributed by atoms with E-state index in [1.165, 1.54) is 21.9 Å². The van der Waals surface area contributed by atoms with Crippen molar-refractivity contribution in [1.29, 1.82) is 0 Å². The van der Waals surface area contributed by atoms with Gasteiger partial charge < -0.3 is 10.5 Å². The second-order valence-electron chi connectivity index (χ2n) is 9.77. The van der Waals surface area contributed by atoms with E-state index in [2.05, 4.69) is 35.2 Å². The van der Waals surface area contributed by atoms with Gasteiger partial charge in [0.2, 0.25) is 5.91 Å². The minimum atomic E-state index is -0.693. The number of methoxy groups -OCH3 is 1. The van der Waals surface area contributed by atoms with Gasteiger partial charge in [-0.15, -0.1) is 0 Å². The Balaban J connectivity index is 1.30. The van der Waals surface area contributed by atoms with E-state index in [0.29, 0.717) is 6.04 Å². The summed E-state index contributed by atoms with van der Waals surface area (Å²) in [5, 5.41) is 2.59. The molecule has 1 fully saturated rings. The van der Waals surface area contributed by atoms with Crippen molar-refractivity contribution < 1.29 is 9.53 Å². The lowest BCUT2D eigenvalue weighted by Gasteiger charge is -2.37. The van der Waals surface area contributed by atoms with Crippen LogP contribution in [0.15, 0.2) is 59.4 Å². The molecule has 7 heteroatoms. The fourth-order valence-electron chi connectivity index (χ4n) is 6.27. The number of benzene rings is 3. The highest BCUT2D eigenvalue weighted by Crippen LogP contribution is 2.45. The first-order valence-corrected chi connectivity index (χ1v) is 12.3. The molecule has 1 aliphatic carbocycles. The molecule has 1 saturated heterocycles. The van der Waals surface area contributed by atoms with Crippen LogP contribution < -0.4 is 16.2 Å². The lowest BCUT2D eigenvalue weighted by molar-refractivity contribution is -0.120. The highest BCUT2D eigenvalue weighted by atomic mass is 16.5. The Bertz CT molecular complexity index is 1510. The number of hydrogen-bond donors (Lipinski definition) is 1. The highest BCUT2D eigenvalue weighted by Gasteiger charge is 2.35. The average molecular weight is 471 g/mol. The van der Waals surface area contributed by atoms with Crippen LogP contribution in [0.1, 0.15) is 49.0 Å². The number of primary amides is 1. The third-order valence-electron chi connectivity index (χ3n) is 8.04. The molecule has 2 unspecified atom stereocenters. The number of carbonyl (C=O) groups is 1. The SMILES string of the molecule is COc1ccc2cccc3c2c1CC3N1CCC(n2c(=O)n(C(C)C(N)=O)c3ccccc32)CC1. The van der Waals surface area contributed by atoms with Gasteiger partial charge in [-0.05, 0) is 60.7 Å². The Morgan fingerprint density at radius 3 is 2.49 bits per heavy atom. The van der Waals surface area contributed by atoms with Gasteiger partial charge in [0, 0.05) is 30.7 Å². The van der Waals surface area contributed by atoms with Crippen molar-refractivity contribution in [2.24, 2.45) is 5.73 Å². The normalized spacial score (nSPS) is 19.4. The summed E-state index contributed by atoms with van der Waals surface area (Å²) in [6.07, 6.45) is 2.69. The Morgan fingerprint density at radius 1 is 1.03 bits per heavy atom. The number of rotatable bonds is 5. The minimum absolute atomic E-state index is 0.0825. The van der Waals surface area contributed by atoms with Crippen molar-refractivity contribution >= 4 is 27.7 Å². The number of para-hydroxylation sites is 2. The Labute approximate surface area is 203 Å². The van der Waals surface area contributed by atoms with Gasteiger partial charge in [-0.2, -0.15) is 0 Å². The quantitative estimate of drug-likeness (QED) is 0.479. The molecule has 2 aliphatic rings. The van der Waals surface area contributed by atoms with Crippen LogP contribution in [0, 0.1) is 0 Å². The van der Waals surface area contributed by atoms with Crippen molar-refractivity contribution in [2.45, 2.75) is 44.3 Å². The summed E-state index contributed by atoms with van der Waals surface area (Å²) >= 11 is 0. The third-order valence-corrected chi connectivity index (χ3v) is 8.04. The number of piperidine rings is 1. The fourth-order valence-corrected chi connectivity index (χ4v) is 6.27. The maximum Gasteiger partial charge on any atom is 0.330 e. The monoisotopic (exact) mass is 470 g/mol. The van der Waals surface area contributed by atoms with E-state index in [9.17, 15) is 9.59 Å². The first-order valence-electron chi connectivity index (χ1n) is 12.3. The molecule has 2 heterocycles. The number of nitrogens with two attached hydrogens (primary N) is 1. The van der Waals surface area contributed by atoms with Crippen LogP contribution >= 0.6 is 0 Å². The van der Waals surface area contributed by atoms with Crippen LogP contribution in [0.3, 0.4) is 0 Å². The van der Waals surface area contributed by atoms with Crippen molar-refractivity contribution in [3.05, 3.63) is 76.2 Å². The van der Waals surface area contributed by atoms with E-state index in [1.807, 2.05) is 28.8 Å². The molecule has 0 radical (unpaired) electrons. The molecule has 4 aromatic rings. The molecule has 0 bridgehead atoms. The van der Waals surface area contributed by atoms with E-state index >= 15 is 0 Å². The van der Waals surface area contributed by atoms with Gasteiger partial charge >= 0.3 is 5.69 Å². The molecule has 35 heavy (non-hydrogen) atoms. The van der Waals surface area contributed by atoms with Crippen LogP contribution in [-0.4, -0.2) is 40.1 Å². The second-order valence-corrected chi connectivity index (χ2v) is 9.77. The van der Waals surface area contributed by atoms with E-state index in [0.717, 1.165) is 49.1 Å². The molecule has 180 valence electrons. The predicted molar refractivity (Wildman–Crippen MR) is 137 cm³/mol. The number of aromatic nitrogens is 2. The molecule has 3 aromatic carbocycles. The number of ether oxygens (including phenoxy) is 1. The molecular weight excluding hydrogens is 440 g/mol. The van der Waals surface area contributed by atoms with Crippen molar-refractivity contribution in [1.82, 2.24) is 14.0 Å². The van der Waals surface area contributed by atoms with Gasteiger partial charge in [0.25, 0.3) is 0 Å². The fraction of sp³-hybridized carbons (Fsp3) is 0.357. The van der Waals surface area contributed by atoms with Crippen molar-refractivity contribution in [3.63, 3.8) is 0 Å². The molecule has 2 atom stereocenters. The smallest absolute Gasteiger partial charge is 0.330 e. The maximum atomic E-state index is 13.5. The van der Waals surface area contributed by atoms with Gasteiger partial charge in [-0.3, -0.25) is 18.8 Å². The molecule has 1 aromatic heterocycles. The number of amides is 1. The molecule has 2 N–H and O–H groups in total. The maximum absolute atomic E-state index is 13.5. The van der Waals surface area contributed by atoms with Crippen LogP contribution in [0.25, 0.3) is 21.8 Å². The molecular formula is C28H30N4O3. The summed E-state index contributed by atoms with van der Waals surface area (Å²) in [6.45, 7) is 3.49. The number of imidazole rings is 1. The van der Waals surface area contributed by atoms with Gasteiger partial charge in [0.15, 0.2) is 0 Å². The number of hydrogen-bond acceptors (Lipinski definition) is 4. The van der Waals surface area contributed by atoms with Gasteiger partial charge in [0.05, 0.1) is 18.1 Å². The Morgan fingerprint density at radius 2 is 1.77 bits per heavy atom. The lowest BCUT2D eigenvalue weighted by Crippen LogP contribution is -2.40. The first kappa shape index (κ1) is 21.9. The largest absolute Gasteiger partial charge is 0.496 e. The minimum Gasteiger partial charge on any atom is -0.496 e. The number of nitrogens with zero attached hydrogens (tertiary/aromatic N) is 3. The summed E-state index contributed by atoms with van der Waals surface area (Å²) < 4.78 is 9.12. The number of likely N-dealkylation sites (tertiary alicyclic amines) is 1. The molecule has 0 saturated carbocycles.